The highest BCUT2D eigenvalue weighted by Gasteiger charge is 2.20. The molecule has 0 spiro atoms. The second-order valence-electron chi connectivity index (χ2n) is 7.62. The van der Waals surface area contributed by atoms with E-state index in [1.807, 2.05) is 30.6 Å². The summed E-state index contributed by atoms with van der Waals surface area (Å²) in [5, 5.41) is 12.7. The number of thiazole rings is 1. The number of thioether (sulfide) groups is 1. The van der Waals surface area contributed by atoms with Gasteiger partial charge in [-0.15, -0.1) is 23.1 Å². The third kappa shape index (κ3) is 5.41. The van der Waals surface area contributed by atoms with Gasteiger partial charge in [-0.05, 0) is 37.9 Å². The average molecular weight is 442 g/mol. The SMILES string of the molecule is C=Nc1cc(OCCO)c(SC(C)(C)C)cc1/C(=C\C)Nc1ccc2scnc2c1. The first kappa shape index (κ1) is 22.3. The summed E-state index contributed by atoms with van der Waals surface area (Å²) in [4.78, 5) is 9.63. The first-order valence-corrected chi connectivity index (χ1v) is 11.4. The van der Waals surface area contributed by atoms with Gasteiger partial charge in [0.1, 0.15) is 12.4 Å². The second kappa shape index (κ2) is 9.64. The van der Waals surface area contributed by atoms with Crippen molar-refractivity contribution in [2.75, 3.05) is 18.5 Å². The lowest BCUT2D eigenvalue weighted by molar-refractivity contribution is 0.198. The Balaban J connectivity index is 2.01. The highest BCUT2D eigenvalue weighted by atomic mass is 32.2. The van der Waals surface area contributed by atoms with Crippen LogP contribution in [0, 0.1) is 0 Å². The summed E-state index contributed by atoms with van der Waals surface area (Å²) in [7, 11) is 0. The number of nitrogens with zero attached hydrogens (tertiary/aromatic N) is 2. The Labute approximate surface area is 185 Å². The Morgan fingerprint density at radius 1 is 1.33 bits per heavy atom. The van der Waals surface area contributed by atoms with E-state index in [-0.39, 0.29) is 18.0 Å². The molecule has 3 aromatic rings. The third-order valence-corrected chi connectivity index (χ3v) is 6.15. The van der Waals surface area contributed by atoms with Gasteiger partial charge in [-0.2, -0.15) is 0 Å². The van der Waals surface area contributed by atoms with Gasteiger partial charge in [-0.25, -0.2) is 4.98 Å². The summed E-state index contributed by atoms with van der Waals surface area (Å²) in [6, 6.07) is 10.1. The number of fused-ring (bicyclic) bond motifs is 1. The highest BCUT2D eigenvalue weighted by Crippen LogP contribution is 2.43. The molecule has 1 heterocycles. The van der Waals surface area contributed by atoms with Crippen LogP contribution in [0.15, 0.2) is 51.8 Å². The zero-order valence-corrected chi connectivity index (χ0v) is 19.4. The van der Waals surface area contributed by atoms with Crippen molar-refractivity contribution in [3.8, 4) is 5.75 Å². The number of anilines is 1. The fraction of sp³-hybridized carbons (Fsp3) is 0.304. The lowest BCUT2D eigenvalue weighted by atomic mass is 10.1. The van der Waals surface area contributed by atoms with Gasteiger partial charge in [0.2, 0.25) is 0 Å². The minimum absolute atomic E-state index is 0.00308. The van der Waals surface area contributed by atoms with Crippen LogP contribution in [0.25, 0.3) is 15.9 Å². The van der Waals surface area contributed by atoms with E-state index in [0.717, 1.165) is 37.7 Å². The molecule has 30 heavy (non-hydrogen) atoms. The van der Waals surface area contributed by atoms with E-state index in [2.05, 4.69) is 61.0 Å². The van der Waals surface area contributed by atoms with Crippen LogP contribution in [-0.2, 0) is 0 Å². The van der Waals surface area contributed by atoms with Crippen LogP contribution in [0.1, 0.15) is 33.3 Å². The third-order valence-electron chi connectivity index (χ3n) is 4.19. The first-order chi connectivity index (χ1) is 14.3. The average Bonchev–Trinajstić information content (AvgIpc) is 3.17. The van der Waals surface area contributed by atoms with Crippen LogP contribution in [-0.4, -0.2) is 34.8 Å². The molecule has 0 bridgehead atoms. The quantitative estimate of drug-likeness (QED) is 0.314. The van der Waals surface area contributed by atoms with Crippen molar-refractivity contribution in [1.82, 2.24) is 4.98 Å². The molecule has 3 rings (SSSR count). The van der Waals surface area contributed by atoms with E-state index in [4.69, 9.17) is 4.74 Å². The molecule has 0 radical (unpaired) electrons. The van der Waals surface area contributed by atoms with Gasteiger partial charge in [0, 0.05) is 27.8 Å². The van der Waals surface area contributed by atoms with Crippen LogP contribution >= 0.6 is 23.1 Å². The number of ether oxygens (including phenoxy) is 1. The maximum atomic E-state index is 9.19. The molecule has 0 saturated carbocycles. The number of aliphatic hydroxyl groups excluding tert-OH is 1. The van der Waals surface area contributed by atoms with E-state index >= 15 is 0 Å². The van der Waals surface area contributed by atoms with E-state index < -0.39 is 0 Å². The summed E-state index contributed by atoms with van der Waals surface area (Å²) < 4.78 is 6.95. The summed E-state index contributed by atoms with van der Waals surface area (Å²) in [6.45, 7) is 12.4. The predicted octanol–water partition coefficient (Wildman–Crippen LogP) is 6.36. The molecule has 0 fully saturated rings. The Hall–Kier alpha value is -2.35. The van der Waals surface area contributed by atoms with Crippen molar-refractivity contribution >= 4 is 57.1 Å². The van der Waals surface area contributed by atoms with Crippen molar-refractivity contribution in [3.63, 3.8) is 0 Å². The Morgan fingerprint density at radius 3 is 2.80 bits per heavy atom. The summed E-state index contributed by atoms with van der Waals surface area (Å²) >= 11 is 3.34. The summed E-state index contributed by atoms with van der Waals surface area (Å²) in [5.41, 5.74) is 6.37. The van der Waals surface area contributed by atoms with E-state index in [1.54, 1.807) is 23.1 Å². The molecule has 0 atom stereocenters. The number of aliphatic imine (C=N–C) groups is 1. The Kier molecular flexibility index (Phi) is 7.18. The maximum Gasteiger partial charge on any atom is 0.135 e. The van der Waals surface area contributed by atoms with Gasteiger partial charge >= 0.3 is 0 Å². The van der Waals surface area contributed by atoms with Crippen molar-refractivity contribution in [2.24, 2.45) is 4.99 Å². The largest absolute Gasteiger partial charge is 0.490 e. The fourth-order valence-electron chi connectivity index (χ4n) is 2.96. The molecule has 0 amide bonds. The maximum absolute atomic E-state index is 9.19. The topological polar surface area (TPSA) is 66.7 Å². The molecule has 2 N–H and O–H groups in total. The predicted molar refractivity (Wildman–Crippen MR) is 131 cm³/mol. The molecule has 1 aromatic heterocycles. The zero-order valence-electron chi connectivity index (χ0n) is 17.7. The minimum atomic E-state index is -0.0427. The molecule has 5 nitrogen and oxygen atoms in total. The molecule has 0 aliphatic heterocycles. The first-order valence-electron chi connectivity index (χ1n) is 9.69. The van der Waals surface area contributed by atoms with Crippen molar-refractivity contribution in [2.45, 2.75) is 37.3 Å². The normalized spacial score (nSPS) is 12.2. The van der Waals surface area contributed by atoms with E-state index in [1.165, 1.54) is 0 Å². The number of rotatable bonds is 8. The number of aromatic nitrogens is 1. The number of allylic oxidation sites excluding steroid dienone is 1. The van der Waals surface area contributed by atoms with Gasteiger partial charge in [-0.1, -0.05) is 26.8 Å². The Bertz CT molecular complexity index is 1070. The van der Waals surface area contributed by atoms with E-state index in [0.29, 0.717) is 5.75 Å². The lowest BCUT2D eigenvalue weighted by Crippen LogP contribution is -2.09. The molecular weight excluding hydrogens is 414 g/mol. The molecule has 0 aliphatic carbocycles. The summed E-state index contributed by atoms with van der Waals surface area (Å²) in [6.07, 6.45) is 2.02. The second-order valence-corrected chi connectivity index (χ2v) is 10.4. The molecule has 0 aliphatic rings. The van der Waals surface area contributed by atoms with Gasteiger partial charge < -0.3 is 15.2 Å². The number of aliphatic hydroxyl groups is 1. The van der Waals surface area contributed by atoms with Gasteiger partial charge in [-0.3, -0.25) is 4.99 Å². The van der Waals surface area contributed by atoms with Crippen LogP contribution in [0.2, 0.25) is 0 Å². The van der Waals surface area contributed by atoms with Crippen LogP contribution in [0.3, 0.4) is 0 Å². The number of hydrogen-bond donors (Lipinski definition) is 2. The van der Waals surface area contributed by atoms with Crippen molar-refractivity contribution < 1.29 is 9.84 Å². The molecule has 7 heteroatoms. The smallest absolute Gasteiger partial charge is 0.135 e. The monoisotopic (exact) mass is 441 g/mol. The van der Waals surface area contributed by atoms with Crippen LogP contribution < -0.4 is 10.1 Å². The zero-order chi connectivity index (χ0) is 21.7. The molecular formula is C23H27N3O2S2. The number of nitrogens with one attached hydrogen (secondary N) is 1. The van der Waals surface area contributed by atoms with Gasteiger partial charge in [0.15, 0.2) is 0 Å². The fourth-order valence-corrected chi connectivity index (χ4v) is 4.67. The van der Waals surface area contributed by atoms with Gasteiger partial charge in [0.25, 0.3) is 0 Å². The highest BCUT2D eigenvalue weighted by molar-refractivity contribution is 8.00. The number of benzene rings is 2. The molecule has 158 valence electrons. The summed E-state index contributed by atoms with van der Waals surface area (Å²) in [5.74, 6) is 0.703. The van der Waals surface area contributed by atoms with E-state index in [9.17, 15) is 5.11 Å². The lowest BCUT2D eigenvalue weighted by Gasteiger charge is -2.22. The van der Waals surface area contributed by atoms with Gasteiger partial charge in [0.05, 0.1) is 32.9 Å². The molecule has 0 saturated heterocycles. The number of hydrogen-bond acceptors (Lipinski definition) is 7. The Morgan fingerprint density at radius 2 is 2.13 bits per heavy atom. The van der Waals surface area contributed by atoms with Crippen LogP contribution in [0.4, 0.5) is 11.4 Å². The molecule has 0 unspecified atom stereocenters. The standard InChI is InChI=1S/C23H27N3O2S2/c1-6-17(26-15-7-8-21-19(11-15)25-14-29-21)16-12-22(30-23(2,3)4)20(28-10-9-27)13-18(16)24-5/h6-8,11-14,26-27H,5,9-10H2,1-4H3/b17-6+. The van der Waals surface area contributed by atoms with Crippen LogP contribution in [0.5, 0.6) is 5.75 Å². The molecule has 2 aromatic carbocycles. The van der Waals surface area contributed by atoms with Crippen molar-refractivity contribution in [1.29, 1.82) is 0 Å². The minimum Gasteiger partial charge on any atom is -0.490 e. The van der Waals surface area contributed by atoms with Crippen molar-refractivity contribution in [3.05, 3.63) is 47.5 Å².